The van der Waals surface area contributed by atoms with Crippen LogP contribution in [-0.4, -0.2) is 25.8 Å². The van der Waals surface area contributed by atoms with Gasteiger partial charge in [0, 0.05) is 13.2 Å². The molecule has 0 amide bonds. The number of ether oxygens (including phenoxy) is 1. The molecule has 3 heteroatoms. The predicted octanol–water partition coefficient (Wildman–Crippen LogP) is 2.08. The number of hydrogen-bond donors (Lipinski definition) is 1. The first-order valence-electron chi connectivity index (χ1n) is 5.97. The molecule has 0 heterocycles. The van der Waals surface area contributed by atoms with Crippen LogP contribution >= 0.6 is 0 Å². The lowest BCUT2D eigenvalue weighted by atomic mass is 9.86. The zero-order chi connectivity index (χ0) is 11.1. The highest BCUT2D eigenvalue weighted by Gasteiger charge is 2.41. The number of rotatable bonds is 6. The van der Waals surface area contributed by atoms with E-state index in [0.29, 0.717) is 5.92 Å². The molecule has 1 saturated carbocycles. The molecular weight excluding hydrogens is 188 g/mol. The summed E-state index contributed by atoms with van der Waals surface area (Å²) in [5.41, 5.74) is -0.282. The molecule has 2 atom stereocenters. The van der Waals surface area contributed by atoms with E-state index < -0.39 is 0 Å². The first-order chi connectivity index (χ1) is 7.29. The third kappa shape index (κ3) is 2.93. The van der Waals surface area contributed by atoms with Crippen molar-refractivity contribution in [2.45, 2.75) is 44.6 Å². The van der Waals surface area contributed by atoms with Crippen molar-refractivity contribution in [2.24, 2.45) is 5.92 Å². The number of nitrogens with one attached hydrogen (secondary N) is 1. The molecule has 1 fully saturated rings. The molecule has 0 radical (unpaired) electrons. The lowest BCUT2D eigenvalue weighted by Gasteiger charge is -2.28. The Morgan fingerprint density at radius 3 is 2.93 bits per heavy atom. The average molecular weight is 210 g/mol. The molecule has 0 aromatic carbocycles. The summed E-state index contributed by atoms with van der Waals surface area (Å²) in [6.45, 7) is 3.75. The lowest BCUT2D eigenvalue weighted by Crippen LogP contribution is -2.45. The number of hydrogen-bond acceptors (Lipinski definition) is 3. The summed E-state index contributed by atoms with van der Waals surface area (Å²) in [7, 11) is 1.90. The summed E-state index contributed by atoms with van der Waals surface area (Å²) < 4.78 is 5.49. The van der Waals surface area contributed by atoms with Gasteiger partial charge in [-0.15, -0.1) is 0 Å². The Morgan fingerprint density at radius 2 is 2.33 bits per heavy atom. The highest BCUT2D eigenvalue weighted by molar-refractivity contribution is 5.13. The quantitative estimate of drug-likeness (QED) is 0.683. The van der Waals surface area contributed by atoms with E-state index in [-0.39, 0.29) is 5.54 Å². The molecule has 1 N–H and O–H groups in total. The molecule has 2 unspecified atom stereocenters. The van der Waals surface area contributed by atoms with Crippen LogP contribution in [0.4, 0.5) is 0 Å². The minimum absolute atomic E-state index is 0.282. The summed E-state index contributed by atoms with van der Waals surface area (Å²) in [6, 6.07) is 2.45. The van der Waals surface area contributed by atoms with Crippen LogP contribution in [0.2, 0.25) is 0 Å². The maximum atomic E-state index is 9.24. The van der Waals surface area contributed by atoms with E-state index >= 15 is 0 Å². The zero-order valence-corrected chi connectivity index (χ0v) is 9.88. The molecule has 86 valence electrons. The minimum atomic E-state index is -0.282. The van der Waals surface area contributed by atoms with Crippen LogP contribution in [-0.2, 0) is 4.74 Å². The van der Waals surface area contributed by atoms with Gasteiger partial charge in [-0.3, -0.25) is 0 Å². The van der Waals surface area contributed by atoms with Gasteiger partial charge in [0.15, 0.2) is 0 Å². The average Bonchev–Trinajstić information content (AvgIpc) is 2.68. The third-order valence-corrected chi connectivity index (χ3v) is 3.43. The van der Waals surface area contributed by atoms with E-state index in [9.17, 15) is 5.26 Å². The lowest BCUT2D eigenvalue weighted by molar-refractivity contribution is 0.113. The Kier molecular flexibility index (Phi) is 5.07. The van der Waals surface area contributed by atoms with Gasteiger partial charge in [0.1, 0.15) is 5.54 Å². The van der Waals surface area contributed by atoms with Gasteiger partial charge in [-0.05, 0) is 38.6 Å². The van der Waals surface area contributed by atoms with Crippen LogP contribution in [0.1, 0.15) is 39.0 Å². The van der Waals surface area contributed by atoms with Crippen molar-refractivity contribution in [1.29, 1.82) is 5.26 Å². The second kappa shape index (κ2) is 6.09. The maximum absolute atomic E-state index is 9.24. The second-order valence-electron chi connectivity index (χ2n) is 4.32. The van der Waals surface area contributed by atoms with Crippen molar-refractivity contribution < 1.29 is 4.74 Å². The Hall–Kier alpha value is -0.590. The third-order valence-electron chi connectivity index (χ3n) is 3.43. The van der Waals surface area contributed by atoms with E-state index in [1.807, 2.05) is 7.05 Å². The molecular formula is C12H22N2O. The minimum Gasteiger partial charge on any atom is -0.381 e. The van der Waals surface area contributed by atoms with E-state index in [0.717, 1.165) is 45.3 Å². The molecule has 0 aromatic heterocycles. The first-order valence-corrected chi connectivity index (χ1v) is 5.97. The topological polar surface area (TPSA) is 45.0 Å². The maximum Gasteiger partial charge on any atom is 0.109 e. The summed E-state index contributed by atoms with van der Waals surface area (Å²) in [4.78, 5) is 0. The number of nitriles is 1. The van der Waals surface area contributed by atoms with Crippen molar-refractivity contribution in [3.8, 4) is 6.07 Å². The van der Waals surface area contributed by atoms with Crippen molar-refractivity contribution in [1.82, 2.24) is 5.32 Å². The summed E-state index contributed by atoms with van der Waals surface area (Å²) >= 11 is 0. The van der Waals surface area contributed by atoms with E-state index in [2.05, 4.69) is 18.3 Å². The van der Waals surface area contributed by atoms with Crippen LogP contribution in [0.5, 0.6) is 0 Å². The molecule has 1 aliphatic rings. The molecule has 1 aliphatic carbocycles. The van der Waals surface area contributed by atoms with Crippen molar-refractivity contribution in [3.63, 3.8) is 0 Å². The SMILES string of the molecule is CCCOCCC1CCCC1(C#N)NC. The van der Waals surface area contributed by atoms with Gasteiger partial charge in [0.05, 0.1) is 6.07 Å². The van der Waals surface area contributed by atoms with Gasteiger partial charge >= 0.3 is 0 Å². The Bertz CT molecular complexity index is 224. The van der Waals surface area contributed by atoms with Gasteiger partial charge in [-0.1, -0.05) is 13.3 Å². The fraction of sp³-hybridized carbons (Fsp3) is 0.917. The smallest absolute Gasteiger partial charge is 0.109 e. The molecule has 0 spiro atoms. The summed E-state index contributed by atoms with van der Waals surface area (Å²) in [5.74, 6) is 0.462. The van der Waals surface area contributed by atoms with Crippen LogP contribution in [0.25, 0.3) is 0 Å². The predicted molar refractivity (Wildman–Crippen MR) is 60.5 cm³/mol. The Balaban J connectivity index is 2.37. The summed E-state index contributed by atoms with van der Waals surface area (Å²) in [5, 5.41) is 12.4. The standard InChI is InChI=1S/C12H22N2O/c1-3-8-15-9-6-11-5-4-7-12(11,10-13)14-2/h11,14H,3-9H2,1-2H3. The van der Waals surface area contributed by atoms with E-state index in [4.69, 9.17) is 4.74 Å². The fourth-order valence-electron chi connectivity index (χ4n) is 2.47. The largest absolute Gasteiger partial charge is 0.381 e. The van der Waals surface area contributed by atoms with Gasteiger partial charge in [0.25, 0.3) is 0 Å². The fourth-order valence-corrected chi connectivity index (χ4v) is 2.47. The molecule has 3 nitrogen and oxygen atoms in total. The zero-order valence-electron chi connectivity index (χ0n) is 9.88. The summed E-state index contributed by atoms with van der Waals surface area (Å²) in [6.07, 6.45) is 5.38. The van der Waals surface area contributed by atoms with Crippen molar-refractivity contribution in [3.05, 3.63) is 0 Å². The van der Waals surface area contributed by atoms with Crippen molar-refractivity contribution in [2.75, 3.05) is 20.3 Å². The van der Waals surface area contributed by atoms with Gasteiger partial charge in [0.2, 0.25) is 0 Å². The van der Waals surface area contributed by atoms with E-state index in [1.54, 1.807) is 0 Å². The molecule has 0 aromatic rings. The van der Waals surface area contributed by atoms with Crippen LogP contribution < -0.4 is 5.32 Å². The highest BCUT2D eigenvalue weighted by atomic mass is 16.5. The monoisotopic (exact) mass is 210 g/mol. The second-order valence-corrected chi connectivity index (χ2v) is 4.32. The normalized spacial score (nSPS) is 30.3. The van der Waals surface area contributed by atoms with Crippen molar-refractivity contribution >= 4 is 0 Å². The van der Waals surface area contributed by atoms with Crippen LogP contribution in [0.3, 0.4) is 0 Å². The molecule has 0 bridgehead atoms. The molecule has 0 saturated heterocycles. The molecule has 15 heavy (non-hydrogen) atoms. The van der Waals surface area contributed by atoms with Gasteiger partial charge < -0.3 is 10.1 Å². The molecule has 1 rings (SSSR count). The van der Waals surface area contributed by atoms with Gasteiger partial charge in [-0.2, -0.15) is 5.26 Å². The highest BCUT2D eigenvalue weighted by Crippen LogP contribution is 2.37. The first kappa shape index (κ1) is 12.5. The Labute approximate surface area is 92.8 Å². The van der Waals surface area contributed by atoms with Crippen LogP contribution in [0.15, 0.2) is 0 Å². The Morgan fingerprint density at radius 1 is 1.53 bits per heavy atom. The van der Waals surface area contributed by atoms with Crippen LogP contribution in [0, 0.1) is 17.2 Å². The van der Waals surface area contributed by atoms with Gasteiger partial charge in [-0.25, -0.2) is 0 Å². The number of nitrogens with zero attached hydrogens (tertiary/aromatic N) is 1. The molecule has 0 aliphatic heterocycles. The van der Waals surface area contributed by atoms with E-state index in [1.165, 1.54) is 0 Å².